The first-order chi connectivity index (χ1) is 7.26. The minimum absolute atomic E-state index is 0.132. The minimum Gasteiger partial charge on any atom is -0.271 e. The molecule has 15 heavy (non-hydrogen) atoms. The predicted octanol–water partition coefficient (Wildman–Crippen LogP) is 1.86. The van der Waals surface area contributed by atoms with Gasteiger partial charge in [0.1, 0.15) is 0 Å². The van der Waals surface area contributed by atoms with Crippen LogP contribution in [0.25, 0.3) is 0 Å². The van der Waals surface area contributed by atoms with Gasteiger partial charge in [0.05, 0.1) is 23.0 Å². The molecular formula is C10H17ClN4. The SMILES string of the molecule is CCn1ncc(Cl)c1C(CC1CC1)NN. The van der Waals surface area contributed by atoms with Crippen molar-refractivity contribution in [3.63, 3.8) is 0 Å². The van der Waals surface area contributed by atoms with Crippen LogP contribution >= 0.6 is 11.6 Å². The molecule has 1 unspecified atom stereocenters. The van der Waals surface area contributed by atoms with Crippen molar-refractivity contribution >= 4 is 11.6 Å². The molecule has 1 aliphatic carbocycles. The van der Waals surface area contributed by atoms with Crippen molar-refractivity contribution in [3.05, 3.63) is 16.9 Å². The quantitative estimate of drug-likeness (QED) is 0.598. The molecule has 2 rings (SSSR count). The molecule has 1 aromatic rings. The summed E-state index contributed by atoms with van der Waals surface area (Å²) in [5.74, 6) is 6.39. The van der Waals surface area contributed by atoms with Crippen LogP contribution in [-0.4, -0.2) is 9.78 Å². The van der Waals surface area contributed by atoms with Crippen LogP contribution in [0.1, 0.15) is 37.9 Å². The number of nitrogens with two attached hydrogens (primary N) is 1. The highest BCUT2D eigenvalue weighted by molar-refractivity contribution is 6.31. The number of hydrogen-bond donors (Lipinski definition) is 2. The largest absolute Gasteiger partial charge is 0.271 e. The standard InChI is InChI=1S/C10H17ClN4/c1-2-15-10(8(11)6-13-15)9(14-12)5-7-3-4-7/h6-7,9,14H,2-5,12H2,1H3. The molecule has 0 bridgehead atoms. The number of nitrogens with zero attached hydrogens (tertiary/aromatic N) is 2. The molecular weight excluding hydrogens is 212 g/mol. The molecule has 0 aromatic carbocycles. The highest BCUT2D eigenvalue weighted by Gasteiger charge is 2.28. The van der Waals surface area contributed by atoms with Gasteiger partial charge in [0.25, 0.3) is 0 Å². The lowest BCUT2D eigenvalue weighted by atomic mass is 10.1. The molecule has 4 nitrogen and oxygen atoms in total. The van der Waals surface area contributed by atoms with E-state index in [-0.39, 0.29) is 6.04 Å². The molecule has 1 atom stereocenters. The molecule has 3 N–H and O–H groups in total. The van der Waals surface area contributed by atoms with Gasteiger partial charge >= 0.3 is 0 Å². The number of aryl methyl sites for hydroxylation is 1. The Kier molecular flexibility index (Phi) is 3.29. The molecule has 0 saturated heterocycles. The van der Waals surface area contributed by atoms with E-state index in [9.17, 15) is 0 Å². The number of hydrogen-bond acceptors (Lipinski definition) is 3. The van der Waals surface area contributed by atoms with Crippen LogP contribution in [0.3, 0.4) is 0 Å². The molecule has 1 saturated carbocycles. The Morgan fingerprint density at radius 1 is 1.73 bits per heavy atom. The second-order valence-electron chi connectivity index (χ2n) is 4.09. The van der Waals surface area contributed by atoms with Crippen molar-refractivity contribution < 1.29 is 0 Å². The Balaban J connectivity index is 2.18. The van der Waals surface area contributed by atoms with Gasteiger partial charge in [-0.3, -0.25) is 16.0 Å². The van der Waals surface area contributed by atoms with Gasteiger partial charge in [0.15, 0.2) is 0 Å². The lowest BCUT2D eigenvalue weighted by Gasteiger charge is -2.17. The molecule has 0 spiro atoms. The van der Waals surface area contributed by atoms with Crippen LogP contribution in [0.15, 0.2) is 6.20 Å². The fourth-order valence-electron chi connectivity index (χ4n) is 1.92. The molecule has 5 heteroatoms. The molecule has 0 aliphatic heterocycles. The molecule has 1 aliphatic rings. The Morgan fingerprint density at radius 2 is 2.47 bits per heavy atom. The molecule has 1 fully saturated rings. The predicted molar refractivity (Wildman–Crippen MR) is 60.3 cm³/mol. The van der Waals surface area contributed by atoms with Crippen LogP contribution < -0.4 is 11.3 Å². The van der Waals surface area contributed by atoms with Gasteiger partial charge in [-0.05, 0) is 19.3 Å². The summed E-state index contributed by atoms with van der Waals surface area (Å²) in [6, 6.07) is 0.132. The van der Waals surface area contributed by atoms with E-state index >= 15 is 0 Å². The van der Waals surface area contributed by atoms with Gasteiger partial charge in [0, 0.05) is 6.54 Å². The second-order valence-corrected chi connectivity index (χ2v) is 4.50. The van der Waals surface area contributed by atoms with E-state index in [0.29, 0.717) is 5.02 Å². The Hall–Kier alpha value is -0.580. The Labute approximate surface area is 94.8 Å². The summed E-state index contributed by atoms with van der Waals surface area (Å²) in [5, 5.41) is 4.93. The molecule has 1 aromatic heterocycles. The van der Waals surface area contributed by atoms with Crippen LogP contribution in [0, 0.1) is 5.92 Å². The average molecular weight is 229 g/mol. The molecule has 84 valence electrons. The van der Waals surface area contributed by atoms with E-state index < -0.39 is 0 Å². The smallest absolute Gasteiger partial charge is 0.0834 e. The van der Waals surface area contributed by atoms with E-state index in [0.717, 1.165) is 24.6 Å². The number of hydrazine groups is 1. The van der Waals surface area contributed by atoms with Crippen LogP contribution in [0.4, 0.5) is 0 Å². The number of halogens is 1. The number of rotatable bonds is 5. The Morgan fingerprint density at radius 3 is 3.00 bits per heavy atom. The zero-order valence-corrected chi connectivity index (χ0v) is 9.67. The lowest BCUT2D eigenvalue weighted by molar-refractivity contribution is 0.446. The molecule has 1 heterocycles. The van der Waals surface area contributed by atoms with Crippen molar-refractivity contribution in [2.75, 3.05) is 0 Å². The van der Waals surface area contributed by atoms with Gasteiger partial charge in [-0.2, -0.15) is 5.10 Å². The summed E-state index contributed by atoms with van der Waals surface area (Å²) in [6.45, 7) is 2.88. The van der Waals surface area contributed by atoms with Crippen molar-refractivity contribution in [3.8, 4) is 0 Å². The first-order valence-electron chi connectivity index (χ1n) is 5.43. The van der Waals surface area contributed by atoms with Crippen molar-refractivity contribution in [1.29, 1.82) is 0 Å². The summed E-state index contributed by atoms with van der Waals surface area (Å²) < 4.78 is 1.91. The van der Waals surface area contributed by atoms with Crippen LogP contribution in [0.5, 0.6) is 0 Å². The molecule has 0 amide bonds. The highest BCUT2D eigenvalue weighted by Crippen LogP contribution is 2.38. The maximum atomic E-state index is 6.12. The first-order valence-corrected chi connectivity index (χ1v) is 5.81. The first kappa shape index (κ1) is 10.9. The van der Waals surface area contributed by atoms with E-state index in [1.165, 1.54) is 12.8 Å². The zero-order valence-electron chi connectivity index (χ0n) is 8.91. The summed E-state index contributed by atoms with van der Waals surface area (Å²) in [7, 11) is 0. The van der Waals surface area contributed by atoms with E-state index in [1.54, 1.807) is 6.20 Å². The minimum atomic E-state index is 0.132. The summed E-state index contributed by atoms with van der Waals surface area (Å²) in [6.07, 6.45) is 5.38. The fraction of sp³-hybridized carbons (Fsp3) is 0.700. The summed E-state index contributed by atoms with van der Waals surface area (Å²) in [5.41, 5.74) is 3.87. The maximum absolute atomic E-state index is 6.12. The van der Waals surface area contributed by atoms with Crippen molar-refractivity contribution in [2.24, 2.45) is 11.8 Å². The van der Waals surface area contributed by atoms with Gasteiger partial charge in [-0.15, -0.1) is 0 Å². The fourth-order valence-corrected chi connectivity index (χ4v) is 2.19. The van der Waals surface area contributed by atoms with Gasteiger partial charge in [-0.1, -0.05) is 24.4 Å². The van der Waals surface area contributed by atoms with E-state index in [2.05, 4.69) is 17.4 Å². The lowest BCUT2D eigenvalue weighted by Crippen LogP contribution is -2.30. The normalized spacial score (nSPS) is 18.1. The third-order valence-electron chi connectivity index (χ3n) is 2.93. The Bertz CT molecular complexity index is 332. The maximum Gasteiger partial charge on any atom is 0.0834 e. The topological polar surface area (TPSA) is 55.9 Å². The van der Waals surface area contributed by atoms with Gasteiger partial charge in [0.2, 0.25) is 0 Å². The van der Waals surface area contributed by atoms with Crippen molar-refractivity contribution in [2.45, 2.75) is 38.8 Å². The third kappa shape index (κ3) is 2.33. The van der Waals surface area contributed by atoms with Gasteiger partial charge < -0.3 is 0 Å². The van der Waals surface area contributed by atoms with Gasteiger partial charge in [-0.25, -0.2) is 0 Å². The number of aromatic nitrogens is 2. The van der Waals surface area contributed by atoms with Crippen LogP contribution in [0.2, 0.25) is 5.02 Å². The average Bonchev–Trinajstić information content (AvgIpc) is 2.98. The van der Waals surface area contributed by atoms with E-state index in [4.69, 9.17) is 17.4 Å². The monoisotopic (exact) mass is 228 g/mol. The van der Waals surface area contributed by atoms with Crippen molar-refractivity contribution in [1.82, 2.24) is 15.2 Å². The third-order valence-corrected chi connectivity index (χ3v) is 3.22. The second kappa shape index (κ2) is 4.51. The van der Waals surface area contributed by atoms with E-state index in [1.807, 2.05) is 4.68 Å². The summed E-state index contributed by atoms with van der Waals surface area (Å²) in [4.78, 5) is 0. The zero-order chi connectivity index (χ0) is 10.8. The highest BCUT2D eigenvalue weighted by atomic mass is 35.5. The van der Waals surface area contributed by atoms with Crippen LogP contribution in [-0.2, 0) is 6.54 Å². The number of nitrogens with one attached hydrogen (secondary N) is 1. The molecule has 0 radical (unpaired) electrons. The summed E-state index contributed by atoms with van der Waals surface area (Å²) >= 11 is 6.12.